The Morgan fingerprint density at radius 2 is 2.15 bits per heavy atom. The summed E-state index contributed by atoms with van der Waals surface area (Å²) in [4.78, 5) is 25.8. The van der Waals surface area contributed by atoms with Crippen LogP contribution in [0.5, 0.6) is 5.88 Å². The zero-order valence-corrected chi connectivity index (χ0v) is 14.4. The van der Waals surface area contributed by atoms with Gasteiger partial charge in [0.05, 0.1) is 12.7 Å². The van der Waals surface area contributed by atoms with Crippen molar-refractivity contribution in [1.29, 1.82) is 0 Å². The molecule has 0 atom stereocenters. The van der Waals surface area contributed by atoms with Crippen molar-refractivity contribution >= 4 is 16.9 Å². The number of nitrogens with one attached hydrogen (secondary N) is 1. The topological polar surface area (TPSA) is 71.1 Å². The molecule has 6 nitrogen and oxygen atoms in total. The highest BCUT2D eigenvalue weighted by Gasteiger charge is 2.26. The zero-order valence-electron chi connectivity index (χ0n) is 14.4. The van der Waals surface area contributed by atoms with Gasteiger partial charge in [-0.25, -0.2) is 14.4 Å². The van der Waals surface area contributed by atoms with Gasteiger partial charge in [-0.05, 0) is 42.5 Å². The number of pyridine rings is 2. The molecule has 3 aromatic heterocycles. The second kappa shape index (κ2) is 6.74. The van der Waals surface area contributed by atoms with Crippen molar-refractivity contribution in [3.8, 4) is 5.88 Å². The van der Waals surface area contributed by atoms with Gasteiger partial charge in [-0.3, -0.25) is 4.79 Å². The summed E-state index contributed by atoms with van der Waals surface area (Å²) in [6.07, 6.45) is 6.87. The molecule has 0 bridgehead atoms. The van der Waals surface area contributed by atoms with Crippen molar-refractivity contribution < 1.29 is 13.9 Å². The van der Waals surface area contributed by atoms with Crippen LogP contribution in [0.1, 0.15) is 34.7 Å². The Morgan fingerprint density at radius 3 is 2.88 bits per heavy atom. The average Bonchev–Trinajstić information content (AvgIpc) is 3.11. The van der Waals surface area contributed by atoms with Crippen molar-refractivity contribution in [2.75, 3.05) is 20.2 Å². The minimum absolute atomic E-state index is 0.104. The molecule has 0 aromatic carbocycles. The number of carbonyl (C=O) groups excluding carboxylic acids is 1. The van der Waals surface area contributed by atoms with Gasteiger partial charge in [0.25, 0.3) is 5.91 Å². The lowest BCUT2D eigenvalue weighted by atomic mass is 9.89. The number of aromatic nitrogens is 3. The number of halogens is 1. The normalized spacial score (nSPS) is 15.4. The van der Waals surface area contributed by atoms with Crippen molar-refractivity contribution in [2.24, 2.45) is 0 Å². The van der Waals surface area contributed by atoms with Gasteiger partial charge in [0, 0.05) is 37.1 Å². The molecule has 1 saturated heterocycles. The summed E-state index contributed by atoms with van der Waals surface area (Å²) in [5.74, 6) is -0.548. The maximum Gasteiger partial charge on any atom is 0.255 e. The number of amides is 1. The molecule has 0 aliphatic carbocycles. The molecule has 1 amide bonds. The highest BCUT2D eigenvalue weighted by Crippen LogP contribution is 2.33. The minimum atomic E-state index is -0.625. The number of carbonyl (C=O) groups is 1. The number of rotatable bonds is 3. The van der Waals surface area contributed by atoms with Crippen molar-refractivity contribution in [3.63, 3.8) is 0 Å². The van der Waals surface area contributed by atoms with Crippen LogP contribution in [-0.4, -0.2) is 46.0 Å². The Hall–Kier alpha value is -2.96. The number of hydrogen-bond acceptors (Lipinski definition) is 4. The number of aromatic amines is 1. The fourth-order valence-corrected chi connectivity index (χ4v) is 3.58. The molecule has 1 fully saturated rings. The molecule has 1 aliphatic heterocycles. The first-order valence-corrected chi connectivity index (χ1v) is 8.58. The Labute approximate surface area is 150 Å². The number of nitrogens with zero attached hydrogens (tertiary/aromatic N) is 3. The first-order valence-electron chi connectivity index (χ1n) is 8.58. The summed E-state index contributed by atoms with van der Waals surface area (Å²) in [5, 5.41) is 1.14. The van der Waals surface area contributed by atoms with Crippen LogP contribution in [-0.2, 0) is 0 Å². The van der Waals surface area contributed by atoms with Crippen molar-refractivity contribution in [2.45, 2.75) is 18.8 Å². The number of piperidine rings is 1. The van der Waals surface area contributed by atoms with E-state index in [9.17, 15) is 9.18 Å². The number of ether oxygens (including phenoxy) is 1. The second-order valence-electron chi connectivity index (χ2n) is 6.43. The fourth-order valence-electron chi connectivity index (χ4n) is 3.58. The molecule has 4 rings (SSSR count). The molecule has 0 saturated carbocycles. The number of H-pyrrole nitrogens is 1. The van der Waals surface area contributed by atoms with Gasteiger partial charge >= 0.3 is 0 Å². The van der Waals surface area contributed by atoms with Crippen molar-refractivity contribution in [1.82, 2.24) is 19.9 Å². The van der Waals surface area contributed by atoms with Gasteiger partial charge in [-0.15, -0.1) is 0 Å². The van der Waals surface area contributed by atoms with Crippen LogP contribution in [0, 0.1) is 5.82 Å². The van der Waals surface area contributed by atoms with Crippen LogP contribution >= 0.6 is 0 Å². The maximum absolute atomic E-state index is 13.8. The minimum Gasteiger partial charge on any atom is -0.479 e. The van der Waals surface area contributed by atoms with Crippen molar-refractivity contribution in [3.05, 3.63) is 53.7 Å². The van der Waals surface area contributed by atoms with E-state index in [4.69, 9.17) is 4.74 Å². The zero-order chi connectivity index (χ0) is 18.1. The third-order valence-corrected chi connectivity index (χ3v) is 4.95. The molecule has 1 N–H and O–H groups in total. The Bertz CT molecular complexity index is 948. The highest BCUT2D eigenvalue weighted by molar-refractivity contribution is 5.94. The van der Waals surface area contributed by atoms with Crippen LogP contribution in [0.2, 0.25) is 0 Å². The van der Waals surface area contributed by atoms with E-state index < -0.39 is 5.82 Å². The number of fused-ring (bicyclic) bond motifs is 1. The Morgan fingerprint density at radius 1 is 1.35 bits per heavy atom. The van der Waals surface area contributed by atoms with Gasteiger partial charge in [-0.2, -0.15) is 0 Å². The fraction of sp³-hybridized carbons (Fsp3) is 0.316. The van der Waals surface area contributed by atoms with E-state index in [1.54, 1.807) is 11.1 Å². The second-order valence-corrected chi connectivity index (χ2v) is 6.43. The van der Waals surface area contributed by atoms with E-state index in [0.29, 0.717) is 19.0 Å². The molecular formula is C19H19FN4O2. The van der Waals surface area contributed by atoms with Gasteiger partial charge in [0.15, 0.2) is 5.82 Å². The van der Waals surface area contributed by atoms with Crippen LogP contribution in [0.4, 0.5) is 4.39 Å². The predicted octanol–water partition coefficient (Wildman–Crippen LogP) is 3.13. The quantitative estimate of drug-likeness (QED) is 0.784. The van der Waals surface area contributed by atoms with Gasteiger partial charge < -0.3 is 14.6 Å². The van der Waals surface area contributed by atoms with Gasteiger partial charge in [0.1, 0.15) is 5.65 Å². The molecule has 134 valence electrons. The molecule has 4 heterocycles. The number of methoxy groups -OCH3 is 1. The third kappa shape index (κ3) is 2.89. The summed E-state index contributed by atoms with van der Waals surface area (Å²) in [5.41, 5.74) is 2.39. The molecule has 3 aromatic rings. The van der Waals surface area contributed by atoms with E-state index in [0.717, 1.165) is 23.9 Å². The van der Waals surface area contributed by atoms with Crippen LogP contribution in [0.25, 0.3) is 11.0 Å². The third-order valence-electron chi connectivity index (χ3n) is 4.95. The summed E-state index contributed by atoms with van der Waals surface area (Å²) in [7, 11) is 1.35. The maximum atomic E-state index is 13.8. The van der Waals surface area contributed by atoms with E-state index in [-0.39, 0.29) is 17.4 Å². The molecule has 1 aliphatic rings. The SMILES string of the molecule is COc1ncc(C(=O)N2CCC(c3c[nH]c4ncccc34)CC2)cc1F. The summed E-state index contributed by atoms with van der Waals surface area (Å²) in [6, 6.07) is 5.19. The van der Waals surface area contributed by atoms with Gasteiger partial charge in [0.2, 0.25) is 5.88 Å². The molecule has 0 spiro atoms. The molecule has 7 heteroatoms. The Kier molecular flexibility index (Phi) is 4.28. The standard InChI is InChI=1S/C19H19FN4O2/c1-26-18-16(20)9-13(10-23-18)19(25)24-7-4-12(5-8-24)15-11-22-17-14(15)3-2-6-21-17/h2-3,6,9-12H,4-5,7-8H2,1H3,(H,21,22). The Balaban J connectivity index is 1.46. The van der Waals surface area contributed by atoms with Gasteiger partial charge in [-0.1, -0.05) is 0 Å². The smallest absolute Gasteiger partial charge is 0.255 e. The van der Waals surface area contributed by atoms with E-state index in [1.807, 2.05) is 12.3 Å². The lowest BCUT2D eigenvalue weighted by Crippen LogP contribution is -2.38. The molecular weight excluding hydrogens is 335 g/mol. The first-order chi connectivity index (χ1) is 12.7. The van der Waals surface area contributed by atoms with Crippen LogP contribution in [0.3, 0.4) is 0 Å². The lowest BCUT2D eigenvalue weighted by molar-refractivity contribution is 0.0712. The van der Waals surface area contributed by atoms with E-state index in [1.165, 1.54) is 24.9 Å². The number of likely N-dealkylation sites (tertiary alicyclic amines) is 1. The molecule has 0 unspecified atom stereocenters. The average molecular weight is 354 g/mol. The number of hydrogen-bond donors (Lipinski definition) is 1. The highest BCUT2D eigenvalue weighted by atomic mass is 19.1. The lowest BCUT2D eigenvalue weighted by Gasteiger charge is -2.32. The largest absolute Gasteiger partial charge is 0.479 e. The molecule has 0 radical (unpaired) electrons. The summed E-state index contributed by atoms with van der Waals surface area (Å²) < 4.78 is 18.6. The van der Waals surface area contributed by atoms with E-state index >= 15 is 0 Å². The summed E-state index contributed by atoms with van der Waals surface area (Å²) >= 11 is 0. The summed E-state index contributed by atoms with van der Waals surface area (Å²) in [6.45, 7) is 1.26. The molecule has 26 heavy (non-hydrogen) atoms. The predicted molar refractivity (Wildman–Crippen MR) is 94.7 cm³/mol. The van der Waals surface area contributed by atoms with E-state index in [2.05, 4.69) is 21.0 Å². The van der Waals surface area contributed by atoms with Crippen LogP contribution < -0.4 is 4.74 Å². The first kappa shape index (κ1) is 16.5. The monoisotopic (exact) mass is 354 g/mol. The van der Waals surface area contributed by atoms with Crippen LogP contribution in [0.15, 0.2) is 36.8 Å².